The van der Waals surface area contributed by atoms with Crippen molar-refractivity contribution < 1.29 is 14.6 Å². The summed E-state index contributed by atoms with van der Waals surface area (Å²) in [6, 6.07) is 3.74. The average molecular weight is 496 g/mol. The SMILES string of the molecule is C=C1C=C(Cl)C=NCN=C(c2ccc(C(=C)C=CC(=NC)OC3CCC(C)(C(=O)O)CC3)nc2)N1. The quantitative estimate of drug-likeness (QED) is 0.336. The molecule has 0 spiro atoms. The number of hydrogen-bond acceptors (Lipinski definition) is 7. The van der Waals surface area contributed by atoms with Crippen LogP contribution < -0.4 is 5.32 Å². The van der Waals surface area contributed by atoms with E-state index < -0.39 is 11.4 Å². The second-order valence-corrected chi connectivity index (χ2v) is 9.11. The van der Waals surface area contributed by atoms with Gasteiger partial charge < -0.3 is 15.2 Å². The summed E-state index contributed by atoms with van der Waals surface area (Å²) in [5, 5.41) is 13.0. The van der Waals surface area contributed by atoms with Gasteiger partial charge in [-0.05, 0) is 62.5 Å². The van der Waals surface area contributed by atoms with Crippen LogP contribution >= 0.6 is 11.6 Å². The van der Waals surface area contributed by atoms with Crippen molar-refractivity contribution >= 4 is 41.1 Å². The third kappa shape index (κ3) is 7.23. The Bertz CT molecular complexity index is 1120. The molecule has 1 aromatic heterocycles. The summed E-state index contributed by atoms with van der Waals surface area (Å²) < 4.78 is 6.00. The van der Waals surface area contributed by atoms with Crippen LogP contribution in [0.4, 0.5) is 0 Å². The molecule has 184 valence electrons. The van der Waals surface area contributed by atoms with Gasteiger partial charge in [0, 0.05) is 36.8 Å². The number of allylic oxidation sites excluding steroid dienone is 4. The van der Waals surface area contributed by atoms with E-state index in [0.717, 1.165) is 5.56 Å². The predicted octanol–water partition coefficient (Wildman–Crippen LogP) is 4.74. The molecule has 0 saturated heterocycles. The lowest BCUT2D eigenvalue weighted by Gasteiger charge is -2.33. The molecule has 0 amide bonds. The van der Waals surface area contributed by atoms with Crippen molar-refractivity contribution in [3.63, 3.8) is 0 Å². The highest BCUT2D eigenvalue weighted by Gasteiger charge is 2.38. The van der Waals surface area contributed by atoms with Crippen LogP contribution in [0.1, 0.15) is 43.9 Å². The van der Waals surface area contributed by atoms with E-state index in [1.807, 2.05) is 12.1 Å². The van der Waals surface area contributed by atoms with Crippen molar-refractivity contribution in [3.05, 3.63) is 71.7 Å². The Balaban J connectivity index is 1.60. The molecular formula is C26H30ClN5O3. The molecule has 3 rings (SSSR count). The Hall–Kier alpha value is -3.52. The first-order chi connectivity index (χ1) is 16.7. The number of halogens is 1. The smallest absolute Gasteiger partial charge is 0.309 e. The Morgan fingerprint density at radius 3 is 2.71 bits per heavy atom. The van der Waals surface area contributed by atoms with Gasteiger partial charge >= 0.3 is 5.97 Å². The summed E-state index contributed by atoms with van der Waals surface area (Å²) in [5.74, 6) is 0.319. The number of ether oxygens (including phenoxy) is 1. The van der Waals surface area contributed by atoms with Crippen molar-refractivity contribution in [1.82, 2.24) is 10.3 Å². The van der Waals surface area contributed by atoms with Gasteiger partial charge in [0.25, 0.3) is 0 Å². The van der Waals surface area contributed by atoms with E-state index in [2.05, 4.69) is 38.4 Å². The molecule has 1 aliphatic heterocycles. The van der Waals surface area contributed by atoms with E-state index in [1.165, 1.54) is 6.21 Å². The fourth-order valence-corrected chi connectivity index (χ4v) is 3.91. The molecule has 0 atom stereocenters. The lowest BCUT2D eigenvalue weighted by atomic mass is 9.75. The van der Waals surface area contributed by atoms with Crippen molar-refractivity contribution in [2.75, 3.05) is 13.7 Å². The van der Waals surface area contributed by atoms with Crippen LogP contribution in [0.2, 0.25) is 0 Å². The molecule has 35 heavy (non-hydrogen) atoms. The molecule has 0 aromatic carbocycles. The van der Waals surface area contributed by atoms with E-state index in [4.69, 9.17) is 16.3 Å². The zero-order valence-electron chi connectivity index (χ0n) is 20.0. The zero-order valence-corrected chi connectivity index (χ0v) is 20.8. The minimum absolute atomic E-state index is 0.0542. The molecular weight excluding hydrogens is 466 g/mol. The number of hydrogen-bond donors (Lipinski definition) is 2. The normalized spacial score (nSPS) is 23.5. The summed E-state index contributed by atoms with van der Waals surface area (Å²) in [7, 11) is 1.66. The number of carboxylic acid groups (broad SMARTS) is 1. The highest BCUT2D eigenvalue weighted by Crippen LogP contribution is 2.37. The third-order valence-electron chi connectivity index (χ3n) is 5.97. The summed E-state index contributed by atoms with van der Waals surface area (Å²) in [6.07, 6.45) is 10.9. The second kappa shape index (κ2) is 11.8. The van der Waals surface area contributed by atoms with E-state index in [-0.39, 0.29) is 12.8 Å². The number of nitrogens with one attached hydrogen (secondary N) is 1. The molecule has 0 bridgehead atoms. The van der Waals surface area contributed by atoms with E-state index in [0.29, 0.717) is 59.4 Å². The Kier molecular flexibility index (Phi) is 8.76. The molecule has 8 nitrogen and oxygen atoms in total. The number of nitrogens with zero attached hydrogens (tertiary/aromatic N) is 4. The molecule has 2 heterocycles. The molecule has 0 radical (unpaired) electrons. The van der Waals surface area contributed by atoms with Crippen molar-refractivity contribution in [1.29, 1.82) is 0 Å². The van der Waals surface area contributed by atoms with Crippen LogP contribution in [0.5, 0.6) is 0 Å². The van der Waals surface area contributed by atoms with Crippen molar-refractivity contribution in [2.45, 2.75) is 38.7 Å². The van der Waals surface area contributed by atoms with Gasteiger partial charge in [-0.1, -0.05) is 24.8 Å². The lowest BCUT2D eigenvalue weighted by molar-refractivity contribution is -0.150. The Labute approximate surface area is 210 Å². The maximum Gasteiger partial charge on any atom is 0.309 e. The fourth-order valence-electron chi connectivity index (χ4n) is 3.71. The van der Waals surface area contributed by atoms with Crippen LogP contribution in [-0.4, -0.2) is 53.8 Å². The van der Waals surface area contributed by atoms with Gasteiger partial charge in [0.05, 0.1) is 16.1 Å². The molecule has 0 unspecified atom stereocenters. The number of carbonyl (C=O) groups is 1. The van der Waals surface area contributed by atoms with Gasteiger partial charge in [-0.2, -0.15) is 0 Å². The van der Waals surface area contributed by atoms with Crippen LogP contribution in [-0.2, 0) is 9.53 Å². The van der Waals surface area contributed by atoms with Crippen LogP contribution in [0.3, 0.4) is 0 Å². The first-order valence-electron chi connectivity index (χ1n) is 11.3. The lowest BCUT2D eigenvalue weighted by Crippen LogP contribution is -2.35. The fraction of sp³-hybridized carbons (Fsp3) is 0.346. The molecule has 1 fully saturated rings. The van der Waals surface area contributed by atoms with Crippen molar-refractivity contribution in [3.8, 4) is 0 Å². The number of amidine groups is 1. The number of aromatic nitrogens is 1. The highest BCUT2D eigenvalue weighted by molar-refractivity contribution is 6.39. The molecule has 9 heteroatoms. The number of aliphatic imine (C=N–C) groups is 3. The number of rotatable bonds is 6. The molecule has 2 aliphatic rings. The topological polar surface area (TPSA) is 109 Å². The van der Waals surface area contributed by atoms with Crippen LogP contribution in [0.15, 0.2) is 75.4 Å². The van der Waals surface area contributed by atoms with E-state index in [1.54, 1.807) is 38.4 Å². The minimum atomic E-state index is -0.748. The molecule has 1 aliphatic carbocycles. The first-order valence-corrected chi connectivity index (χ1v) is 11.7. The van der Waals surface area contributed by atoms with Crippen LogP contribution in [0.25, 0.3) is 5.57 Å². The number of pyridine rings is 1. The second-order valence-electron chi connectivity index (χ2n) is 8.67. The van der Waals surface area contributed by atoms with Crippen LogP contribution in [0, 0.1) is 5.41 Å². The molecule has 1 saturated carbocycles. The van der Waals surface area contributed by atoms with E-state index >= 15 is 0 Å². The predicted molar refractivity (Wildman–Crippen MR) is 141 cm³/mol. The maximum absolute atomic E-state index is 11.4. The van der Waals surface area contributed by atoms with Gasteiger partial charge in [0.15, 0.2) is 0 Å². The highest BCUT2D eigenvalue weighted by atomic mass is 35.5. The standard InChI is InChI=1S/C26H30ClN5O3/c1-17(5-8-23(28-4)35-21-9-11-26(3,12-10-21)25(33)34)22-7-6-19(14-30-22)24-31-16-29-15-20(27)13-18(2)32-24/h5-8,13-15,21H,1-2,9-12,16H2,3-4H3,(H,31,32)(H,33,34). The van der Waals surface area contributed by atoms with E-state index in [9.17, 15) is 9.90 Å². The Morgan fingerprint density at radius 2 is 2.09 bits per heavy atom. The Morgan fingerprint density at radius 1 is 1.34 bits per heavy atom. The van der Waals surface area contributed by atoms with Gasteiger partial charge in [-0.15, -0.1) is 0 Å². The summed E-state index contributed by atoms with van der Waals surface area (Å²) in [6.45, 7) is 10.0. The maximum atomic E-state index is 11.4. The summed E-state index contributed by atoms with van der Waals surface area (Å²) >= 11 is 6.04. The monoisotopic (exact) mass is 495 g/mol. The van der Waals surface area contributed by atoms with Crippen molar-refractivity contribution in [2.24, 2.45) is 20.4 Å². The minimum Gasteiger partial charge on any atom is -0.481 e. The third-order valence-corrected chi connectivity index (χ3v) is 6.18. The molecule has 2 N–H and O–H groups in total. The number of carboxylic acids is 1. The number of aliphatic carboxylic acids is 1. The first kappa shape index (κ1) is 26.1. The average Bonchev–Trinajstić information content (AvgIpc) is 2.92. The van der Waals surface area contributed by atoms with Gasteiger partial charge in [-0.3, -0.25) is 19.8 Å². The van der Waals surface area contributed by atoms with Gasteiger partial charge in [0.1, 0.15) is 18.6 Å². The summed E-state index contributed by atoms with van der Waals surface area (Å²) in [4.78, 5) is 28.7. The van der Waals surface area contributed by atoms with Gasteiger partial charge in [0.2, 0.25) is 5.90 Å². The molecule has 1 aromatic rings. The largest absolute Gasteiger partial charge is 0.481 e. The zero-order chi connectivity index (χ0) is 25.4. The summed E-state index contributed by atoms with van der Waals surface area (Å²) in [5.41, 5.74) is 2.08. The van der Waals surface area contributed by atoms with Gasteiger partial charge in [-0.25, -0.2) is 4.99 Å².